The number of aliphatic carboxylic acids is 1. The molecule has 38 heavy (non-hydrogen) atoms. The zero-order valence-electron chi connectivity index (χ0n) is 24.2. The fourth-order valence-electron chi connectivity index (χ4n) is 3.70. The Morgan fingerprint density at radius 3 is 1.55 bits per heavy atom. The van der Waals surface area contributed by atoms with E-state index in [-0.39, 0.29) is 52.1 Å². The van der Waals surface area contributed by atoms with Gasteiger partial charge < -0.3 is 52.5 Å². The molecule has 0 heterocycles. The van der Waals surface area contributed by atoms with Crippen LogP contribution in [0.2, 0.25) is 0 Å². The lowest BCUT2D eigenvalue weighted by Crippen LogP contribution is -2.64. The minimum Gasteiger partial charge on any atom is -0.481 e. The van der Waals surface area contributed by atoms with Crippen molar-refractivity contribution in [3.8, 4) is 0 Å². The highest BCUT2D eigenvalue weighted by molar-refractivity contribution is 5.71. The molecule has 0 saturated heterocycles. The molecule has 0 aromatic rings. The summed E-state index contributed by atoms with van der Waals surface area (Å²) in [6.07, 6.45) is -0.907. The molecule has 0 saturated carbocycles. The Bertz CT molecular complexity index is 622. The molecule has 0 spiro atoms. The normalized spacial score (nSPS) is 14.7. The summed E-state index contributed by atoms with van der Waals surface area (Å²) in [6, 6.07) is 0. The second kappa shape index (κ2) is 19.6. The number of hydrogen-bond donors (Lipinski definition) is 1. The van der Waals surface area contributed by atoms with Gasteiger partial charge in [0.05, 0.1) is 13.2 Å². The first kappa shape index (κ1) is 36.6. The highest BCUT2D eigenvalue weighted by Crippen LogP contribution is 2.37. The fraction of sp³-hybridized carbons (Fsp3) is 0.920. The van der Waals surface area contributed by atoms with Crippen LogP contribution >= 0.6 is 0 Å². The summed E-state index contributed by atoms with van der Waals surface area (Å²) in [5.74, 6) is -7.71. The average Bonchev–Trinajstić information content (AvgIpc) is 2.86. The van der Waals surface area contributed by atoms with Crippen LogP contribution in [0.5, 0.6) is 0 Å². The summed E-state index contributed by atoms with van der Waals surface area (Å²) in [4.78, 5) is 23.5. The number of methoxy groups -OCH3 is 2. The molecule has 0 bridgehead atoms. The van der Waals surface area contributed by atoms with E-state index in [0.717, 1.165) is 0 Å². The van der Waals surface area contributed by atoms with Crippen molar-refractivity contribution in [3.05, 3.63) is 0 Å². The van der Waals surface area contributed by atoms with Crippen LogP contribution in [0.1, 0.15) is 67.2 Å². The van der Waals surface area contributed by atoms with Crippen molar-refractivity contribution in [3.63, 3.8) is 0 Å². The molecule has 0 aliphatic heterocycles. The van der Waals surface area contributed by atoms with E-state index in [4.69, 9.17) is 52.5 Å². The highest BCUT2D eigenvalue weighted by atomic mass is 17.0. The fourth-order valence-corrected chi connectivity index (χ4v) is 3.70. The molecule has 2 atom stereocenters. The van der Waals surface area contributed by atoms with E-state index in [0.29, 0.717) is 19.8 Å². The molecule has 13 nitrogen and oxygen atoms in total. The van der Waals surface area contributed by atoms with E-state index in [2.05, 4.69) is 0 Å². The molecule has 0 rings (SSSR count). The van der Waals surface area contributed by atoms with Crippen molar-refractivity contribution >= 4 is 11.9 Å². The van der Waals surface area contributed by atoms with Gasteiger partial charge >= 0.3 is 29.9 Å². The van der Waals surface area contributed by atoms with E-state index in [1.165, 1.54) is 14.2 Å². The maximum Gasteiger partial charge on any atom is 0.416 e. The van der Waals surface area contributed by atoms with Gasteiger partial charge in [0.25, 0.3) is 0 Å². The van der Waals surface area contributed by atoms with Gasteiger partial charge in [-0.05, 0) is 48.0 Å². The van der Waals surface area contributed by atoms with Crippen LogP contribution < -0.4 is 0 Å². The second-order valence-electron chi connectivity index (χ2n) is 7.60. The highest BCUT2D eigenvalue weighted by Gasteiger charge is 2.63. The minimum atomic E-state index is -2.27. The van der Waals surface area contributed by atoms with Crippen molar-refractivity contribution in [2.24, 2.45) is 0 Å². The number of hydrogen-bond acceptors (Lipinski definition) is 12. The summed E-state index contributed by atoms with van der Waals surface area (Å²) < 4.78 is 57.9. The van der Waals surface area contributed by atoms with Crippen molar-refractivity contribution in [2.45, 2.75) is 91.2 Å². The van der Waals surface area contributed by atoms with E-state index >= 15 is 0 Å². The van der Waals surface area contributed by atoms with Gasteiger partial charge in [-0.2, -0.15) is 0 Å². The summed E-state index contributed by atoms with van der Waals surface area (Å²) in [5, 5.41) is 8.88. The number of ether oxygens (including phenoxy) is 10. The molecule has 0 aromatic carbocycles. The number of carbonyl (C=O) groups excluding carboxylic acids is 1. The van der Waals surface area contributed by atoms with E-state index < -0.39 is 36.0 Å². The van der Waals surface area contributed by atoms with Crippen molar-refractivity contribution < 1.29 is 62.1 Å². The van der Waals surface area contributed by atoms with Gasteiger partial charge in [0.1, 0.15) is 6.10 Å². The third-order valence-corrected chi connectivity index (χ3v) is 5.05. The topological polar surface area (TPSA) is 147 Å². The Labute approximate surface area is 226 Å². The van der Waals surface area contributed by atoms with Crippen molar-refractivity contribution in [1.29, 1.82) is 0 Å². The smallest absolute Gasteiger partial charge is 0.416 e. The lowest BCUT2D eigenvalue weighted by molar-refractivity contribution is -0.547. The number of carboxylic acid groups (broad SMARTS) is 1. The minimum absolute atomic E-state index is 0.0321. The van der Waals surface area contributed by atoms with Gasteiger partial charge in [-0.3, -0.25) is 9.59 Å². The first-order valence-corrected chi connectivity index (χ1v) is 13.1. The number of carboxylic acids is 1. The van der Waals surface area contributed by atoms with Gasteiger partial charge in [0, 0.05) is 66.5 Å². The summed E-state index contributed by atoms with van der Waals surface area (Å²) in [6.45, 7) is 11.5. The maximum atomic E-state index is 12.7. The summed E-state index contributed by atoms with van der Waals surface area (Å²) >= 11 is 0. The Kier molecular flexibility index (Phi) is 18.9. The molecule has 1 N–H and O–H groups in total. The number of esters is 1. The maximum absolute atomic E-state index is 12.7. The lowest BCUT2D eigenvalue weighted by Gasteiger charge is -2.44. The van der Waals surface area contributed by atoms with Crippen LogP contribution in [0.4, 0.5) is 0 Å². The van der Waals surface area contributed by atoms with Gasteiger partial charge in [0.15, 0.2) is 0 Å². The Balaban J connectivity index is 6.12. The second-order valence-corrected chi connectivity index (χ2v) is 7.60. The SMILES string of the molecule is CCOC(OCC)(OCC)C(CCOC(OCC)(OCC)C(OC)(OCC)OC(=O)CCCC(=O)O)OC. The van der Waals surface area contributed by atoms with E-state index in [1.54, 1.807) is 20.8 Å². The molecular weight excluding hydrogens is 508 g/mol. The summed E-state index contributed by atoms with van der Waals surface area (Å²) in [7, 11) is 2.74. The Morgan fingerprint density at radius 2 is 1.16 bits per heavy atom. The largest absolute Gasteiger partial charge is 0.481 e. The first-order valence-electron chi connectivity index (χ1n) is 13.1. The molecule has 0 aliphatic carbocycles. The predicted octanol–water partition coefficient (Wildman–Crippen LogP) is 3.03. The molecule has 226 valence electrons. The molecule has 0 radical (unpaired) electrons. The zero-order chi connectivity index (χ0) is 29.1. The van der Waals surface area contributed by atoms with Gasteiger partial charge in [0.2, 0.25) is 0 Å². The van der Waals surface area contributed by atoms with Crippen LogP contribution in [0.3, 0.4) is 0 Å². The van der Waals surface area contributed by atoms with E-state index in [1.807, 2.05) is 20.8 Å². The average molecular weight is 557 g/mol. The molecule has 0 aliphatic rings. The Hall–Kier alpha value is -1.42. The van der Waals surface area contributed by atoms with Crippen LogP contribution in [0.15, 0.2) is 0 Å². The van der Waals surface area contributed by atoms with Crippen molar-refractivity contribution in [1.82, 2.24) is 0 Å². The van der Waals surface area contributed by atoms with Gasteiger partial charge in [-0.25, -0.2) is 0 Å². The summed E-state index contributed by atoms with van der Waals surface area (Å²) in [5.41, 5.74) is 0. The molecule has 0 fully saturated rings. The quantitative estimate of drug-likeness (QED) is 0.130. The Morgan fingerprint density at radius 1 is 0.684 bits per heavy atom. The molecule has 2 unspecified atom stereocenters. The van der Waals surface area contributed by atoms with E-state index in [9.17, 15) is 9.59 Å². The molecule has 0 amide bonds. The lowest BCUT2D eigenvalue weighted by atomic mass is 10.2. The van der Waals surface area contributed by atoms with Crippen LogP contribution in [0.25, 0.3) is 0 Å². The zero-order valence-corrected chi connectivity index (χ0v) is 24.2. The third kappa shape index (κ3) is 10.6. The van der Waals surface area contributed by atoms with Crippen LogP contribution in [-0.4, -0.2) is 102 Å². The monoisotopic (exact) mass is 556 g/mol. The van der Waals surface area contributed by atoms with Gasteiger partial charge in [-0.15, -0.1) is 0 Å². The molecule has 13 heteroatoms. The van der Waals surface area contributed by atoms with Gasteiger partial charge in [-0.1, -0.05) is 0 Å². The predicted molar refractivity (Wildman–Crippen MR) is 134 cm³/mol. The standard InChI is InChI=1S/C25H48O13/c1-9-31-23(32-10-2,33-11-3)20(29-7)18-19-37-25(35-13-5,36-14-6)24(30-8,34-12-4)38-22(28)17-15-16-21(26)27/h20H,9-19H2,1-8H3,(H,26,27). The number of carbonyl (C=O) groups is 2. The van der Waals surface area contributed by atoms with Crippen LogP contribution in [-0.2, 0) is 57.0 Å². The third-order valence-electron chi connectivity index (χ3n) is 5.05. The van der Waals surface area contributed by atoms with Crippen molar-refractivity contribution in [2.75, 3.05) is 60.5 Å². The first-order chi connectivity index (χ1) is 18.2. The number of rotatable bonds is 25. The molecular formula is C25H48O13. The van der Waals surface area contributed by atoms with Crippen LogP contribution in [0, 0.1) is 0 Å². The molecule has 0 aromatic heterocycles.